The van der Waals surface area contributed by atoms with Crippen molar-refractivity contribution >= 4 is 39.0 Å². The van der Waals surface area contributed by atoms with E-state index in [0.717, 1.165) is 35.4 Å². The molecule has 20 heavy (non-hydrogen) atoms. The molecular formula is C15H18ClN3S. The van der Waals surface area contributed by atoms with E-state index < -0.39 is 0 Å². The Bertz CT molecular complexity index is 648. The number of halogens is 1. The number of nitrogens with one attached hydrogen (secondary N) is 1. The summed E-state index contributed by atoms with van der Waals surface area (Å²) < 4.78 is 0. The number of rotatable bonds is 5. The fraction of sp³-hybridized carbons (Fsp3) is 0.467. The van der Waals surface area contributed by atoms with E-state index in [0.29, 0.717) is 5.28 Å². The molecule has 0 aliphatic heterocycles. The van der Waals surface area contributed by atoms with Crippen molar-refractivity contribution in [2.75, 3.05) is 11.9 Å². The number of hydrogen-bond acceptors (Lipinski definition) is 4. The lowest BCUT2D eigenvalue weighted by Gasteiger charge is -2.07. The van der Waals surface area contributed by atoms with Gasteiger partial charge in [-0.1, -0.05) is 18.6 Å². The Labute approximate surface area is 128 Å². The van der Waals surface area contributed by atoms with E-state index in [9.17, 15) is 0 Å². The Morgan fingerprint density at radius 2 is 2.30 bits per heavy atom. The predicted octanol–water partition coefficient (Wildman–Crippen LogP) is 4.82. The summed E-state index contributed by atoms with van der Waals surface area (Å²) in [6.45, 7) is 3.06. The lowest BCUT2D eigenvalue weighted by molar-refractivity contribution is 0.862. The second-order valence-corrected chi connectivity index (χ2v) is 6.51. The quantitative estimate of drug-likeness (QED) is 0.635. The molecule has 0 bridgehead atoms. The van der Waals surface area contributed by atoms with Gasteiger partial charge in [-0.3, -0.25) is 0 Å². The molecule has 0 unspecified atom stereocenters. The van der Waals surface area contributed by atoms with Crippen LogP contribution in [-0.4, -0.2) is 16.5 Å². The van der Waals surface area contributed by atoms with Gasteiger partial charge in [0.25, 0.3) is 0 Å². The molecule has 0 radical (unpaired) electrons. The number of hydrogen-bond donors (Lipinski definition) is 1. The van der Waals surface area contributed by atoms with Crippen LogP contribution in [0.2, 0.25) is 5.28 Å². The maximum atomic E-state index is 6.02. The molecule has 0 aromatic carbocycles. The molecule has 3 rings (SSSR count). The van der Waals surface area contributed by atoms with E-state index in [1.165, 1.54) is 24.1 Å². The summed E-state index contributed by atoms with van der Waals surface area (Å²) in [4.78, 5) is 10.9. The lowest BCUT2D eigenvalue weighted by Crippen LogP contribution is -2.05. The van der Waals surface area contributed by atoms with Gasteiger partial charge in [-0.2, -0.15) is 0 Å². The maximum absolute atomic E-state index is 6.02. The van der Waals surface area contributed by atoms with Gasteiger partial charge >= 0.3 is 0 Å². The highest BCUT2D eigenvalue weighted by Gasteiger charge is 2.11. The van der Waals surface area contributed by atoms with Crippen LogP contribution in [0.25, 0.3) is 10.2 Å². The third kappa shape index (κ3) is 2.96. The fourth-order valence-corrected chi connectivity index (χ4v) is 3.75. The van der Waals surface area contributed by atoms with Crippen LogP contribution in [0, 0.1) is 0 Å². The van der Waals surface area contributed by atoms with E-state index in [1.54, 1.807) is 16.9 Å². The van der Waals surface area contributed by atoms with Crippen molar-refractivity contribution in [2.24, 2.45) is 0 Å². The number of aromatic nitrogens is 2. The van der Waals surface area contributed by atoms with Gasteiger partial charge in [0.1, 0.15) is 10.6 Å². The zero-order valence-corrected chi connectivity index (χ0v) is 13.2. The van der Waals surface area contributed by atoms with Gasteiger partial charge in [0.05, 0.1) is 5.39 Å². The zero-order chi connectivity index (χ0) is 13.9. The largest absolute Gasteiger partial charge is 0.369 e. The number of fused-ring (bicyclic) bond motifs is 1. The molecule has 3 nitrogen and oxygen atoms in total. The topological polar surface area (TPSA) is 37.8 Å². The van der Waals surface area contributed by atoms with E-state index in [4.69, 9.17) is 11.6 Å². The van der Waals surface area contributed by atoms with Gasteiger partial charge in [0, 0.05) is 11.4 Å². The molecule has 106 valence electrons. The van der Waals surface area contributed by atoms with E-state index in [1.807, 2.05) is 0 Å². The maximum Gasteiger partial charge on any atom is 0.225 e. The lowest BCUT2D eigenvalue weighted by atomic mass is 10.2. The molecule has 2 aromatic heterocycles. The van der Waals surface area contributed by atoms with Gasteiger partial charge in [-0.15, -0.1) is 11.3 Å². The van der Waals surface area contributed by atoms with Crippen molar-refractivity contribution in [2.45, 2.75) is 39.0 Å². The van der Waals surface area contributed by atoms with Gasteiger partial charge < -0.3 is 5.32 Å². The molecule has 1 N–H and O–H groups in total. The van der Waals surface area contributed by atoms with Crippen molar-refractivity contribution in [3.05, 3.63) is 27.9 Å². The third-order valence-corrected chi connectivity index (χ3v) is 4.98. The number of nitrogens with zero attached hydrogens (tertiary/aromatic N) is 2. The summed E-state index contributed by atoms with van der Waals surface area (Å²) in [6.07, 6.45) is 8.27. The minimum Gasteiger partial charge on any atom is -0.369 e. The summed E-state index contributed by atoms with van der Waals surface area (Å²) in [6, 6.07) is 2.17. The van der Waals surface area contributed by atoms with Crippen LogP contribution >= 0.6 is 22.9 Å². The molecule has 5 heteroatoms. The fourth-order valence-electron chi connectivity index (χ4n) is 2.56. The Morgan fingerprint density at radius 1 is 1.40 bits per heavy atom. The Kier molecular flexibility index (Phi) is 4.22. The molecular weight excluding hydrogens is 290 g/mol. The second-order valence-electron chi connectivity index (χ2n) is 5.06. The highest BCUT2D eigenvalue weighted by atomic mass is 35.5. The minimum absolute atomic E-state index is 0.324. The number of thiophene rings is 1. The minimum atomic E-state index is 0.324. The second kappa shape index (κ2) is 6.10. The molecule has 1 aliphatic rings. The van der Waals surface area contributed by atoms with Crippen molar-refractivity contribution in [1.29, 1.82) is 0 Å². The van der Waals surface area contributed by atoms with Gasteiger partial charge in [-0.25, -0.2) is 9.97 Å². The first-order valence-corrected chi connectivity index (χ1v) is 8.33. The van der Waals surface area contributed by atoms with Crippen LogP contribution in [0.15, 0.2) is 17.7 Å². The molecule has 1 aliphatic carbocycles. The number of aryl methyl sites for hydroxylation is 1. The molecule has 0 atom stereocenters. The monoisotopic (exact) mass is 307 g/mol. The van der Waals surface area contributed by atoms with Crippen LogP contribution in [0.3, 0.4) is 0 Å². The smallest absolute Gasteiger partial charge is 0.225 e. The van der Waals surface area contributed by atoms with Gasteiger partial charge in [0.15, 0.2) is 0 Å². The Morgan fingerprint density at radius 3 is 3.05 bits per heavy atom. The molecule has 0 spiro atoms. The highest BCUT2D eigenvalue weighted by molar-refractivity contribution is 7.18. The van der Waals surface area contributed by atoms with Crippen molar-refractivity contribution in [3.8, 4) is 0 Å². The van der Waals surface area contributed by atoms with Crippen LogP contribution < -0.4 is 5.32 Å². The molecule has 2 aromatic rings. The summed E-state index contributed by atoms with van der Waals surface area (Å²) >= 11 is 7.71. The van der Waals surface area contributed by atoms with Crippen LogP contribution in [0.4, 0.5) is 5.82 Å². The average molecular weight is 308 g/mol. The van der Waals surface area contributed by atoms with E-state index in [2.05, 4.69) is 34.4 Å². The normalized spacial score (nSPS) is 14.8. The first-order chi connectivity index (χ1) is 9.76. The standard InChI is InChI=1S/C15H18ClN3S/c1-2-11-9-12-13(18-15(16)19-14(12)20-11)17-8-7-10-5-3-4-6-10/h5,9H,2-4,6-8H2,1H3,(H,17,18,19). The van der Waals surface area contributed by atoms with Crippen LogP contribution in [-0.2, 0) is 6.42 Å². The summed E-state index contributed by atoms with van der Waals surface area (Å²) in [5.74, 6) is 0.870. The molecule has 0 fully saturated rings. The van der Waals surface area contributed by atoms with E-state index >= 15 is 0 Å². The van der Waals surface area contributed by atoms with E-state index in [-0.39, 0.29) is 0 Å². The Hall–Kier alpha value is -1.13. The molecule has 0 amide bonds. The molecule has 0 saturated heterocycles. The van der Waals surface area contributed by atoms with Crippen molar-refractivity contribution in [3.63, 3.8) is 0 Å². The van der Waals surface area contributed by atoms with Crippen LogP contribution in [0.5, 0.6) is 0 Å². The van der Waals surface area contributed by atoms with Crippen LogP contribution in [0.1, 0.15) is 37.5 Å². The summed E-state index contributed by atoms with van der Waals surface area (Å²) in [5, 5.41) is 4.84. The van der Waals surface area contributed by atoms with Gasteiger partial charge in [-0.05, 0) is 49.8 Å². The Balaban J connectivity index is 1.77. The summed E-state index contributed by atoms with van der Waals surface area (Å²) in [5.41, 5.74) is 1.56. The van der Waals surface area contributed by atoms with Gasteiger partial charge in [0.2, 0.25) is 5.28 Å². The third-order valence-electron chi connectivity index (χ3n) is 3.64. The number of allylic oxidation sites excluding steroid dienone is 1. The summed E-state index contributed by atoms with van der Waals surface area (Å²) in [7, 11) is 0. The predicted molar refractivity (Wildman–Crippen MR) is 86.8 cm³/mol. The zero-order valence-electron chi connectivity index (χ0n) is 11.6. The number of anilines is 1. The van der Waals surface area contributed by atoms with Crippen molar-refractivity contribution in [1.82, 2.24) is 9.97 Å². The first kappa shape index (κ1) is 13.8. The highest BCUT2D eigenvalue weighted by Crippen LogP contribution is 2.30. The van der Waals surface area contributed by atoms with Crippen molar-refractivity contribution < 1.29 is 0 Å². The molecule has 0 saturated carbocycles. The molecule has 2 heterocycles. The first-order valence-electron chi connectivity index (χ1n) is 7.14. The average Bonchev–Trinajstić information content (AvgIpc) is 3.06. The SMILES string of the molecule is CCc1cc2c(NCCC3=CCCC3)nc(Cl)nc2s1.